The summed E-state index contributed by atoms with van der Waals surface area (Å²) >= 11 is 0. The Kier molecular flexibility index (Phi) is 6.59. The highest BCUT2D eigenvalue weighted by Gasteiger charge is 2.32. The molecule has 0 radical (unpaired) electrons. The molecule has 7 heteroatoms. The minimum absolute atomic E-state index is 0.0446. The van der Waals surface area contributed by atoms with Crippen LogP contribution in [0, 0.1) is 19.8 Å². The van der Waals surface area contributed by atoms with Gasteiger partial charge in [-0.1, -0.05) is 12.1 Å². The molecule has 1 aliphatic heterocycles. The third-order valence-electron chi connectivity index (χ3n) is 5.46. The van der Waals surface area contributed by atoms with Gasteiger partial charge in [-0.15, -0.1) is 0 Å². The Morgan fingerprint density at radius 1 is 1.10 bits per heavy atom. The van der Waals surface area contributed by atoms with E-state index in [4.69, 9.17) is 4.74 Å². The number of amides is 1. The maximum absolute atomic E-state index is 12.9. The van der Waals surface area contributed by atoms with Gasteiger partial charge >= 0.3 is 0 Å². The molecule has 1 aliphatic rings. The first-order valence-corrected chi connectivity index (χ1v) is 11.4. The summed E-state index contributed by atoms with van der Waals surface area (Å²) in [4.78, 5) is 12.9. The molecule has 1 amide bonds. The minimum atomic E-state index is -3.57. The number of hydrogen-bond acceptors (Lipinski definition) is 4. The van der Waals surface area contributed by atoms with Crippen LogP contribution in [0.15, 0.2) is 47.4 Å². The van der Waals surface area contributed by atoms with Gasteiger partial charge in [-0.3, -0.25) is 4.79 Å². The fraction of sp³-hybridized carbons (Fsp3) is 0.409. The van der Waals surface area contributed by atoms with Gasteiger partial charge in [-0.25, -0.2) is 8.42 Å². The van der Waals surface area contributed by atoms with Crippen molar-refractivity contribution in [1.82, 2.24) is 4.31 Å². The lowest BCUT2D eigenvalue weighted by molar-refractivity contribution is -0.120. The van der Waals surface area contributed by atoms with Crippen LogP contribution in [0.4, 0.5) is 5.69 Å². The number of hydrogen-bond donors (Lipinski definition) is 1. The quantitative estimate of drug-likeness (QED) is 0.778. The lowest BCUT2D eigenvalue weighted by atomic mass is 9.97. The Morgan fingerprint density at radius 2 is 1.76 bits per heavy atom. The largest absolute Gasteiger partial charge is 0.494 e. The molecule has 0 unspecified atom stereocenters. The molecule has 0 spiro atoms. The molecular formula is C22H28N2O4S. The summed E-state index contributed by atoms with van der Waals surface area (Å²) in [6.45, 7) is 7.07. The summed E-state index contributed by atoms with van der Waals surface area (Å²) in [5.74, 6) is 0.409. The number of anilines is 1. The normalized spacial score (nSPS) is 15.8. The van der Waals surface area contributed by atoms with E-state index >= 15 is 0 Å². The number of aryl methyl sites for hydroxylation is 1. The summed E-state index contributed by atoms with van der Waals surface area (Å²) in [6.07, 6.45) is 1.01. The predicted octanol–water partition coefficient (Wildman–Crippen LogP) is 3.74. The molecule has 1 heterocycles. The number of carbonyl (C=O) groups excluding carboxylic acids is 1. The average Bonchev–Trinajstić information content (AvgIpc) is 2.72. The van der Waals surface area contributed by atoms with E-state index in [9.17, 15) is 13.2 Å². The van der Waals surface area contributed by atoms with Crippen molar-refractivity contribution in [2.24, 2.45) is 5.92 Å². The van der Waals surface area contributed by atoms with Gasteiger partial charge in [0.1, 0.15) is 5.75 Å². The SMILES string of the molecule is CCOc1ccc(S(=O)(=O)N2CCC(C(=O)Nc3cccc(C)c3C)CC2)cc1. The number of carbonyl (C=O) groups is 1. The molecule has 1 saturated heterocycles. The van der Waals surface area contributed by atoms with Crippen molar-refractivity contribution in [1.29, 1.82) is 0 Å². The fourth-order valence-electron chi connectivity index (χ4n) is 3.50. The first-order valence-electron chi connectivity index (χ1n) is 9.93. The van der Waals surface area contributed by atoms with Crippen LogP contribution in [-0.4, -0.2) is 38.3 Å². The van der Waals surface area contributed by atoms with Crippen molar-refractivity contribution in [3.8, 4) is 5.75 Å². The van der Waals surface area contributed by atoms with Crippen molar-refractivity contribution >= 4 is 21.6 Å². The van der Waals surface area contributed by atoms with E-state index in [0.717, 1.165) is 16.8 Å². The smallest absolute Gasteiger partial charge is 0.243 e. The third kappa shape index (κ3) is 4.79. The van der Waals surface area contributed by atoms with Gasteiger partial charge in [0.2, 0.25) is 15.9 Å². The molecule has 1 fully saturated rings. The van der Waals surface area contributed by atoms with Crippen LogP contribution in [0.2, 0.25) is 0 Å². The van der Waals surface area contributed by atoms with Gasteiger partial charge in [-0.2, -0.15) is 4.31 Å². The number of sulfonamides is 1. The number of benzene rings is 2. The zero-order chi connectivity index (χ0) is 21.0. The van der Waals surface area contributed by atoms with E-state index in [-0.39, 0.29) is 16.7 Å². The van der Waals surface area contributed by atoms with E-state index in [2.05, 4.69) is 5.32 Å². The van der Waals surface area contributed by atoms with Gasteiger partial charge in [0.05, 0.1) is 11.5 Å². The van der Waals surface area contributed by atoms with Gasteiger partial charge < -0.3 is 10.1 Å². The number of piperidine rings is 1. The van der Waals surface area contributed by atoms with Crippen molar-refractivity contribution in [2.75, 3.05) is 25.0 Å². The number of nitrogens with one attached hydrogen (secondary N) is 1. The van der Waals surface area contributed by atoms with Gasteiger partial charge in [0.25, 0.3) is 0 Å². The summed E-state index contributed by atoms with van der Waals surface area (Å²) < 4.78 is 32.6. The molecular weight excluding hydrogens is 388 g/mol. The Labute approximate surface area is 172 Å². The molecule has 6 nitrogen and oxygen atoms in total. The van der Waals surface area contributed by atoms with Crippen molar-refractivity contribution in [3.63, 3.8) is 0 Å². The van der Waals surface area contributed by atoms with Crippen LogP contribution in [0.25, 0.3) is 0 Å². The lowest BCUT2D eigenvalue weighted by Gasteiger charge is -2.30. The molecule has 29 heavy (non-hydrogen) atoms. The molecule has 0 aliphatic carbocycles. The molecule has 2 aromatic rings. The minimum Gasteiger partial charge on any atom is -0.494 e. The van der Waals surface area contributed by atoms with E-state index in [1.165, 1.54) is 4.31 Å². The molecule has 1 N–H and O–H groups in total. The number of ether oxygens (including phenoxy) is 1. The molecule has 0 saturated carbocycles. The second kappa shape index (κ2) is 8.97. The first kappa shape index (κ1) is 21.3. The Bertz CT molecular complexity index is 963. The molecule has 156 valence electrons. The molecule has 0 atom stereocenters. The molecule has 0 aromatic heterocycles. The Hall–Kier alpha value is -2.38. The molecule has 0 bridgehead atoms. The monoisotopic (exact) mass is 416 g/mol. The van der Waals surface area contributed by atoms with Crippen LogP contribution >= 0.6 is 0 Å². The van der Waals surface area contributed by atoms with Crippen LogP contribution in [-0.2, 0) is 14.8 Å². The van der Waals surface area contributed by atoms with Crippen LogP contribution < -0.4 is 10.1 Å². The van der Waals surface area contributed by atoms with E-state index in [1.54, 1.807) is 24.3 Å². The van der Waals surface area contributed by atoms with Crippen molar-refractivity contribution in [3.05, 3.63) is 53.6 Å². The van der Waals surface area contributed by atoms with Crippen LogP contribution in [0.1, 0.15) is 30.9 Å². The van der Waals surface area contributed by atoms with Gasteiger partial charge in [0.15, 0.2) is 0 Å². The zero-order valence-electron chi connectivity index (χ0n) is 17.1. The highest BCUT2D eigenvalue weighted by atomic mass is 32.2. The molecule has 2 aromatic carbocycles. The summed E-state index contributed by atoms with van der Waals surface area (Å²) in [5, 5.41) is 3.00. The predicted molar refractivity (Wildman–Crippen MR) is 114 cm³/mol. The lowest BCUT2D eigenvalue weighted by Crippen LogP contribution is -2.41. The summed E-state index contributed by atoms with van der Waals surface area (Å²) in [6, 6.07) is 12.3. The third-order valence-corrected chi connectivity index (χ3v) is 7.37. The topological polar surface area (TPSA) is 75.7 Å². The first-order chi connectivity index (χ1) is 13.8. The Balaban J connectivity index is 1.62. The number of rotatable bonds is 6. The van der Waals surface area contributed by atoms with Gasteiger partial charge in [-0.05, 0) is 75.1 Å². The van der Waals surface area contributed by atoms with Crippen molar-refractivity contribution < 1.29 is 17.9 Å². The standard InChI is InChI=1S/C22H28N2O4S/c1-4-28-19-8-10-20(11-9-19)29(26,27)24-14-12-18(13-15-24)22(25)23-21-7-5-6-16(2)17(21)3/h5-11,18H,4,12-15H2,1-3H3,(H,23,25). The van der Waals surface area contributed by atoms with Gasteiger partial charge in [0, 0.05) is 24.7 Å². The Morgan fingerprint density at radius 3 is 2.38 bits per heavy atom. The summed E-state index contributed by atoms with van der Waals surface area (Å²) in [7, 11) is -3.57. The molecule has 3 rings (SSSR count). The average molecular weight is 417 g/mol. The van der Waals surface area contributed by atoms with E-state index < -0.39 is 10.0 Å². The fourth-order valence-corrected chi connectivity index (χ4v) is 4.97. The zero-order valence-corrected chi connectivity index (χ0v) is 18.0. The second-order valence-corrected chi connectivity index (χ2v) is 9.26. The van der Waals surface area contributed by atoms with Crippen LogP contribution in [0.5, 0.6) is 5.75 Å². The second-order valence-electron chi connectivity index (χ2n) is 7.32. The van der Waals surface area contributed by atoms with E-state index in [1.807, 2.05) is 39.0 Å². The van der Waals surface area contributed by atoms with Crippen molar-refractivity contribution in [2.45, 2.75) is 38.5 Å². The highest BCUT2D eigenvalue weighted by molar-refractivity contribution is 7.89. The van der Waals surface area contributed by atoms with Crippen LogP contribution in [0.3, 0.4) is 0 Å². The maximum Gasteiger partial charge on any atom is 0.243 e. The van der Waals surface area contributed by atoms with E-state index in [0.29, 0.717) is 38.3 Å². The summed E-state index contributed by atoms with van der Waals surface area (Å²) in [5.41, 5.74) is 3.00. The maximum atomic E-state index is 12.9. The number of nitrogens with zero attached hydrogens (tertiary/aromatic N) is 1. The highest BCUT2D eigenvalue weighted by Crippen LogP contribution is 2.27.